The van der Waals surface area contributed by atoms with Crippen molar-refractivity contribution in [3.8, 4) is 0 Å². The number of thiazole rings is 1. The minimum absolute atomic E-state index is 0.470. The summed E-state index contributed by atoms with van der Waals surface area (Å²) in [6.07, 6.45) is 5.32. The van der Waals surface area contributed by atoms with Gasteiger partial charge in [-0.1, -0.05) is 6.42 Å². The van der Waals surface area contributed by atoms with Gasteiger partial charge in [0, 0.05) is 11.4 Å². The van der Waals surface area contributed by atoms with Gasteiger partial charge in [0.05, 0.1) is 16.7 Å². The van der Waals surface area contributed by atoms with E-state index in [0.29, 0.717) is 6.04 Å². The second kappa shape index (κ2) is 6.64. The molecule has 1 aromatic heterocycles. The first-order valence-electron chi connectivity index (χ1n) is 7.04. The Morgan fingerprint density at radius 1 is 1.56 bits per heavy atom. The highest BCUT2D eigenvalue weighted by atomic mass is 32.1. The van der Waals surface area contributed by atoms with Crippen LogP contribution in [0.1, 0.15) is 49.4 Å². The summed E-state index contributed by atoms with van der Waals surface area (Å²) < 4.78 is 0. The summed E-state index contributed by atoms with van der Waals surface area (Å²) >= 11 is 1.77. The molecular weight excluding hydrogens is 242 g/mol. The van der Waals surface area contributed by atoms with Crippen LogP contribution in [-0.2, 0) is 0 Å². The molecule has 4 heteroatoms. The largest absolute Gasteiger partial charge is 0.320 e. The highest BCUT2D eigenvalue weighted by Crippen LogP contribution is 2.30. The first-order chi connectivity index (χ1) is 8.72. The van der Waals surface area contributed by atoms with Crippen molar-refractivity contribution in [3.05, 3.63) is 16.1 Å². The Morgan fingerprint density at radius 3 is 3.06 bits per heavy atom. The van der Waals surface area contributed by atoms with Crippen molar-refractivity contribution in [2.75, 3.05) is 20.1 Å². The van der Waals surface area contributed by atoms with Crippen molar-refractivity contribution in [3.63, 3.8) is 0 Å². The Hall–Kier alpha value is -0.450. The van der Waals surface area contributed by atoms with E-state index in [0.717, 1.165) is 12.6 Å². The Bertz CT molecular complexity index is 364. The molecule has 2 rings (SSSR count). The van der Waals surface area contributed by atoms with Crippen molar-refractivity contribution in [2.24, 2.45) is 0 Å². The Labute approximate surface area is 115 Å². The van der Waals surface area contributed by atoms with E-state index in [4.69, 9.17) is 0 Å². The Balaban J connectivity index is 2.03. The van der Waals surface area contributed by atoms with Crippen molar-refractivity contribution < 1.29 is 0 Å². The van der Waals surface area contributed by atoms with Crippen LogP contribution in [0.25, 0.3) is 0 Å². The standard InChI is InChI=1S/C14H25N3S/c1-11(14-10-18-12(2)16-14)17-9-5-4-6-13(17)7-8-15-3/h10-11,13,15H,4-9H2,1-3H3. The molecule has 1 fully saturated rings. The lowest BCUT2D eigenvalue weighted by Gasteiger charge is -2.39. The zero-order chi connectivity index (χ0) is 13.0. The molecule has 0 aliphatic carbocycles. The van der Waals surface area contributed by atoms with Crippen LogP contribution < -0.4 is 5.32 Å². The van der Waals surface area contributed by atoms with Gasteiger partial charge < -0.3 is 5.32 Å². The van der Waals surface area contributed by atoms with Crippen LogP contribution in [0.15, 0.2) is 5.38 Å². The van der Waals surface area contributed by atoms with Crippen molar-refractivity contribution in [1.29, 1.82) is 0 Å². The lowest BCUT2D eigenvalue weighted by atomic mass is 9.97. The predicted octanol–water partition coefficient (Wildman–Crippen LogP) is 2.98. The number of piperidine rings is 1. The molecular formula is C14H25N3S. The van der Waals surface area contributed by atoms with E-state index >= 15 is 0 Å². The van der Waals surface area contributed by atoms with E-state index < -0.39 is 0 Å². The van der Waals surface area contributed by atoms with Gasteiger partial charge in [-0.3, -0.25) is 4.90 Å². The first-order valence-corrected chi connectivity index (χ1v) is 7.92. The van der Waals surface area contributed by atoms with Gasteiger partial charge in [-0.15, -0.1) is 11.3 Å². The summed E-state index contributed by atoms with van der Waals surface area (Å²) in [5, 5.41) is 6.69. The van der Waals surface area contributed by atoms with Gasteiger partial charge in [0.25, 0.3) is 0 Å². The molecule has 0 radical (unpaired) electrons. The Kier molecular flexibility index (Phi) is 5.15. The van der Waals surface area contributed by atoms with Gasteiger partial charge in [0.1, 0.15) is 0 Å². The van der Waals surface area contributed by atoms with Gasteiger partial charge in [-0.25, -0.2) is 4.98 Å². The molecule has 1 N–H and O–H groups in total. The molecule has 0 amide bonds. The van der Waals surface area contributed by atoms with Crippen LogP contribution in [0.4, 0.5) is 0 Å². The predicted molar refractivity (Wildman–Crippen MR) is 78.2 cm³/mol. The summed E-state index contributed by atoms with van der Waals surface area (Å²) in [5.74, 6) is 0. The molecule has 102 valence electrons. The van der Waals surface area contributed by atoms with E-state index in [-0.39, 0.29) is 0 Å². The number of aromatic nitrogens is 1. The number of hydrogen-bond acceptors (Lipinski definition) is 4. The molecule has 2 atom stereocenters. The molecule has 18 heavy (non-hydrogen) atoms. The van der Waals surface area contributed by atoms with Crippen molar-refractivity contribution >= 4 is 11.3 Å². The number of aryl methyl sites for hydroxylation is 1. The third-order valence-corrected chi connectivity index (χ3v) is 4.75. The average Bonchev–Trinajstić information content (AvgIpc) is 2.82. The van der Waals surface area contributed by atoms with E-state index in [1.807, 2.05) is 7.05 Å². The molecule has 1 saturated heterocycles. The minimum Gasteiger partial charge on any atom is -0.320 e. The third kappa shape index (κ3) is 3.31. The molecule has 1 aromatic rings. The lowest BCUT2D eigenvalue weighted by Crippen LogP contribution is -2.42. The highest BCUT2D eigenvalue weighted by Gasteiger charge is 2.27. The summed E-state index contributed by atoms with van der Waals surface area (Å²) in [6, 6.07) is 1.19. The van der Waals surface area contributed by atoms with Gasteiger partial charge in [-0.2, -0.15) is 0 Å². The lowest BCUT2D eigenvalue weighted by molar-refractivity contribution is 0.0954. The molecule has 2 heterocycles. The zero-order valence-corrected chi connectivity index (χ0v) is 12.6. The zero-order valence-electron chi connectivity index (χ0n) is 11.8. The fraction of sp³-hybridized carbons (Fsp3) is 0.786. The smallest absolute Gasteiger partial charge is 0.0898 e. The first kappa shape index (κ1) is 14.0. The van der Waals surface area contributed by atoms with Crippen molar-refractivity contribution in [2.45, 2.75) is 51.6 Å². The van der Waals surface area contributed by atoms with E-state index in [9.17, 15) is 0 Å². The highest BCUT2D eigenvalue weighted by molar-refractivity contribution is 7.09. The number of nitrogens with zero attached hydrogens (tertiary/aromatic N) is 2. The average molecular weight is 267 g/mol. The summed E-state index contributed by atoms with van der Waals surface area (Å²) in [6.45, 7) is 6.75. The van der Waals surface area contributed by atoms with Crippen LogP contribution in [0.2, 0.25) is 0 Å². The van der Waals surface area contributed by atoms with Gasteiger partial charge in [-0.05, 0) is 53.2 Å². The number of hydrogen-bond donors (Lipinski definition) is 1. The fourth-order valence-corrected chi connectivity index (χ4v) is 3.59. The van der Waals surface area contributed by atoms with E-state index in [1.54, 1.807) is 11.3 Å². The van der Waals surface area contributed by atoms with Crippen LogP contribution in [-0.4, -0.2) is 36.1 Å². The van der Waals surface area contributed by atoms with Gasteiger partial charge in [0.15, 0.2) is 0 Å². The minimum atomic E-state index is 0.470. The van der Waals surface area contributed by atoms with Crippen LogP contribution in [0.5, 0.6) is 0 Å². The second-order valence-electron chi connectivity index (χ2n) is 5.25. The van der Waals surface area contributed by atoms with Crippen LogP contribution >= 0.6 is 11.3 Å². The SMILES string of the molecule is CNCCC1CCCCN1C(C)c1csc(C)n1. The Morgan fingerprint density at radius 2 is 2.39 bits per heavy atom. The fourth-order valence-electron chi connectivity index (χ4n) is 2.90. The van der Waals surface area contributed by atoms with Crippen molar-refractivity contribution in [1.82, 2.24) is 15.2 Å². The normalized spacial score (nSPS) is 23.2. The molecule has 3 nitrogen and oxygen atoms in total. The van der Waals surface area contributed by atoms with Gasteiger partial charge >= 0.3 is 0 Å². The molecule has 0 saturated carbocycles. The molecule has 0 spiro atoms. The van der Waals surface area contributed by atoms with E-state index in [2.05, 4.69) is 34.4 Å². The van der Waals surface area contributed by atoms with Crippen LogP contribution in [0, 0.1) is 6.92 Å². The summed E-state index contributed by atoms with van der Waals surface area (Å²) in [7, 11) is 2.04. The quantitative estimate of drug-likeness (QED) is 0.889. The molecule has 0 bridgehead atoms. The maximum Gasteiger partial charge on any atom is 0.0898 e. The molecule has 0 aromatic carbocycles. The molecule has 1 aliphatic heterocycles. The van der Waals surface area contributed by atoms with Gasteiger partial charge in [0.2, 0.25) is 0 Å². The summed E-state index contributed by atoms with van der Waals surface area (Å²) in [5.41, 5.74) is 1.26. The summed E-state index contributed by atoms with van der Waals surface area (Å²) in [4.78, 5) is 7.32. The monoisotopic (exact) mass is 267 g/mol. The van der Waals surface area contributed by atoms with Crippen LogP contribution in [0.3, 0.4) is 0 Å². The molecule has 2 unspecified atom stereocenters. The maximum absolute atomic E-state index is 4.66. The third-order valence-electron chi connectivity index (χ3n) is 3.96. The maximum atomic E-state index is 4.66. The number of rotatable bonds is 5. The van der Waals surface area contributed by atoms with E-state index in [1.165, 1.54) is 42.9 Å². The number of nitrogens with one attached hydrogen (secondary N) is 1. The topological polar surface area (TPSA) is 28.2 Å². The second-order valence-corrected chi connectivity index (χ2v) is 6.31. The molecule has 1 aliphatic rings. The number of likely N-dealkylation sites (tertiary alicyclic amines) is 1.